The van der Waals surface area contributed by atoms with Crippen molar-refractivity contribution in [2.45, 2.75) is 12.7 Å². The molecule has 34 heavy (non-hydrogen) atoms. The maximum absolute atomic E-state index is 13.0. The Kier molecular flexibility index (Phi) is 5.16. The number of hydrogen-bond acceptors (Lipinski definition) is 6. The minimum Gasteiger partial charge on any atom is -0.497 e. The maximum Gasteiger partial charge on any atom is 0.416 e. The fourth-order valence-corrected chi connectivity index (χ4v) is 3.47. The van der Waals surface area contributed by atoms with Crippen LogP contribution in [0.1, 0.15) is 11.5 Å². The van der Waals surface area contributed by atoms with E-state index in [1.54, 1.807) is 31.5 Å². The highest BCUT2D eigenvalue weighted by atomic mass is 19.4. The van der Waals surface area contributed by atoms with Gasteiger partial charge in [0.25, 0.3) is 5.56 Å². The SMILES string of the molecule is COc1ccc(-c2cc3c(=O)n(Cc4nc(-c5cccc(C(F)(F)F)c5)no4)ccn3n2)cc1. The Morgan fingerprint density at radius 1 is 1.03 bits per heavy atom. The second-order valence-electron chi connectivity index (χ2n) is 7.41. The van der Waals surface area contributed by atoms with Gasteiger partial charge in [-0.25, -0.2) is 4.52 Å². The van der Waals surface area contributed by atoms with E-state index in [1.165, 1.54) is 27.4 Å². The van der Waals surface area contributed by atoms with Crippen LogP contribution in [0.3, 0.4) is 0 Å². The maximum atomic E-state index is 13.0. The van der Waals surface area contributed by atoms with Crippen LogP contribution in [0.5, 0.6) is 5.75 Å². The largest absolute Gasteiger partial charge is 0.497 e. The Hall–Kier alpha value is -4.41. The van der Waals surface area contributed by atoms with E-state index in [-0.39, 0.29) is 29.4 Å². The minimum atomic E-state index is -4.48. The molecule has 0 unspecified atom stereocenters. The number of nitrogens with zero attached hydrogens (tertiary/aromatic N) is 5. The van der Waals surface area contributed by atoms with Crippen LogP contribution in [0, 0.1) is 0 Å². The Bertz CT molecular complexity index is 1530. The molecule has 0 aliphatic carbocycles. The van der Waals surface area contributed by atoms with Crippen LogP contribution in [-0.4, -0.2) is 31.4 Å². The van der Waals surface area contributed by atoms with Crippen molar-refractivity contribution in [1.29, 1.82) is 0 Å². The van der Waals surface area contributed by atoms with E-state index >= 15 is 0 Å². The van der Waals surface area contributed by atoms with E-state index in [4.69, 9.17) is 9.26 Å². The summed E-state index contributed by atoms with van der Waals surface area (Å²) in [6, 6.07) is 13.6. The molecule has 0 radical (unpaired) electrons. The van der Waals surface area contributed by atoms with Crippen molar-refractivity contribution < 1.29 is 22.4 Å². The minimum absolute atomic E-state index is 0.00127. The molecule has 0 saturated carbocycles. The highest BCUT2D eigenvalue weighted by Crippen LogP contribution is 2.31. The fraction of sp³-hybridized carbons (Fsp3) is 0.130. The standard InChI is InChI=1S/C23H16F3N5O3/c1-33-17-7-5-14(6-8-17)18-12-19-22(32)30(9-10-31(19)28-18)13-20-27-21(29-34-20)15-3-2-4-16(11-15)23(24,25)26/h2-12H,13H2,1H3. The first-order valence-corrected chi connectivity index (χ1v) is 10.1. The molecule has 5 rings (SSSR count). The number of ether oxygens (including phenoxy) is 1. The molecule has 0 N–H and O–H groups in total. The quantitative estimate of drug-likeness (QED) is 0.383. The molecule has 11 heteroatoms. The third kappa shape index (κ3) is 4.03. The third-order valence-electron chi connectivity index (χ3n) is 5.21. The van der Waals surface area contributed by atoms with E-state index in [0.29, 0.717) is 17.0 Å². The molecular formula is C23H16F3N5O3. The van der Waals surface area contributed by atoms with Crippen LogP contribution in [0.15, 0.2) is 76.3 Å². The zero-order valence-electron chi connectivity index (χ0n) is 17.7. The second-order valence-corrected chi connectivity index (χ2v) is 7.41. The van der Waals surface area contributed by atoms with E-state index in [1.807, 2.05) is 12.1 Å². The van der Waals surface area contributed by atoms with Crippen molar-refractivity contribution in [2.24, 2.45) is 0 Å². The number of methoxy groups -OCH3 is 1. The number of alkyl halides is 3. The van der Waals surface area contributed by atoms with Gasteiger partial charge in [-0.15, -0.1) is 0 Å². The molecule has 0 atom stereocenters. The molecule has 0 fully saturated rings. The Labute approximate surface area is 189 Å². The molecule has 3 heterocycles. The molecule has 2 aromatic carbocycles. The summed E-state index contributed by atoms with van der Waals surface area (Å²) in [5.41, 5.74) is 0.777. The predicted molar refractivity (Wildman–Crippen MR) is 115 cm³/mol. The van der Waals surface area contributed by atoms with Gasteiger partial charge in [-0.05, 0) is 42.5 Å². The van der Waals surface area contributed by atoms with Crippen LogP contribution < -0.4 is 10.3 Å². The highest BCUT2D eigenvalue weighted by Gasteiger charge is 2.30. The smallest absolute Gasteiger partial charge is 0.416 e. The molecule has 8 nitrogen and oxygen atoms in total. The van der Waals surface area contributed by atoms with Crippen molar-refractivity contribution in [1.82, 2.24) is 24.3 Å². The summed E-state index contributed by atoms with van der Waals surface area (Å²) in [5.74, 6) is 0.786. The Morgan fingerprint density at radius 2 is 1.82 bits per heavy atom. The van der Waals surface area contributed by atoms with Crippen molar-refractivity contribution >= 4 is 5.52 Å². The molecule has 0 aliphatic heterocycles. The highest BCUT2D eigenvalue weighted by molar-refractivity contribution is 5.66. The Balaban J connectivity index is 1.42. The summed E-state index contributed by atoms with van der Waals surface area (Å²) in [6.07, 6.45) is -1.34. The van der Waals surface area contributed by atoms with Crippen LogP contribution in [0.25, 0.3) is 28.2 Å². The molecular weight excluding hydrogens is 451 g/mol. The monoisotopic (exact) mass is 467 g/mol. The summed E-state index contributed by atoms with van der Waals surface area (Å²) in [5, 5.41) is 8.20. The lowest BCUT2D eigenvalue weighted by Crippen LogP contribution is -2.21. The van der Waals surface area contributed by atoms with E-state index in [9.17, 15) is 18.0 Å². The lowest BCUT2D eigenvalue weighted by atomic mass is 10.1. The number of fused-ring (bicyclic) bond motifs is 1. The molecule has 172 valence electrons. The van der Waals surface area contributed by atoms with Crippen molar-refractivity contribution in [3.63, 3.8) is 0 Å². The molecule has 0 bridgehead atoms. The van der Waals surface area contributed by atoms with Crippen molar-refractivity contribution in [3.8, 4) is 28.4 Å². The molecule has 0 spiro atoms. The van der Waals surface area contributed by atoms with Crippen molar-refractivity contribution in [3.05, 3.63) is 88.8 Å². The van der Waals surface area contributed by atoms with Gasteiger partial charge in [0.2, 0.25) is 11.7 Å². The van der Waals surface area contributed by atoms with Gasteiger partial charge in [-0.2, -0.15) is 23.3 Å². The van der Waals surface area contributed by atoms with Crippen LogP contribution in [0.4, 0.5) is 13.2 Å². The first kappa shape index (κ1) is 21.4. The zero-order chi connectivity index (χ0) is 23.9. The second kappa shape index (κ2) is 8.18. The summed E-state index contributed by atoms with van der Waals surface area (Å²) >= 11 is 0. The average molecular weight is 467 g/mol. The third-order valence-corrected chi connectivity index (χ3v) is 5.21. The van der Waals surface area contributed by atoms with Gasteiger partial charge in [-0.3, -0.25) is 4.79 Å². The van der Waals surface area contributed by atoms with E-state index in [0.717, 1.165) is 17.7 Å². The normalized spacial score (nSPS) is 11.8. The van der Waals surface area contributed by atoms with E-state index < -0.39 is 11.7 Å². The van der Waals surface area contributed by atoms with Gasteiger partial charge in [-0.1, -0.05) is 17.3 Å². The van der Waals surface area contributed by atoms with Gasteiger partial charge in [0, 0.05) is 23.5 Å². The topological polar surface area (TPSA) is 87.5 Å². The van der Waals surface area contributed by atoms with Gasteiger partial charge in [0.1, 0.15) is 17.8 Å². The fourth-order valence-electron chi connectivity index (χ4n) is 3.47. The predicted octanol–water partition coefficient (Wildman–Crippen LogP) is 4.29. The lowest BCUT2D eigenvalue weighted by Gasteiger charge is -2.06. The van der Waals surface area contributed by atoms with Gasteiger partial charge >= 0.3 is 6.18 Å². The van der Waals surface area contributed by atoms with Gasteiger partial charge in [0.15, 0.2) is 0 Å². The van der Waals surface area contributed by atoms with E-state index in [2.05, 4.69) is 15.2 Å². The number of aromatic nitrogens is 5. The number of benzene rings is 2. The number of rotatable bonds is 5. The molecule has 0 aliphatic rings. The van der Waals surface area contributed by atoms with Crippen LogP contribution in [-0.2, 0) is 12.7 Å². The number of hydrogen-bond donors (Lipinski definition) is 0. The lowest BCUT2D eigenvalue weighted by molar-refractivity contribution is -0.137. The summed E-state index contributed by atoms with van der Waals surface area (Å²) in [4.78, 5) is 17.1. The summed E-state index contributed by atoms with van der Waals surface area (Å²) < 4.78 is 52.1. The van der Waals surface area contributed by atoms with Gasteiger partial charge < -0.3 is 13.8 Å². The first-order valence-electron chi connectivity index (χ1n) is 10.1. The zero-order valence-corrected chi connectivity index (χ0v) is 17.7. The van der Waals surface area contributed by atoms with Crippen molar-refractivity contribution in [2.75, 3.05) is 7.11 Å². The molecule has 3 aromatic heterocycles. The average Bonchev–Trinajstić information content (AvgIpc) is 3.48. The molecule has 5 aromatic rings. The Morgan fingerprint density at radius 3 is 2.56 bits per heavy atom. The van der Waals surface area contributed by atoms with Gasteiger partial charge in [0.05, 0.1) is 18.4 Å². The summed E-state index contributed by atoms with van der Waals surface area (Å²) in [6.45, 7) is -0.0512. The molecule has 0 saturated heterocycles. The van der Waals surface area contributed by atoms with Crippen LogP contribution in [0.2, 0.25) is 0 Å². The molecule has 0 amide bonds. The van der Waals surface area contributed by atoms with Crippen LogP contribution >= 0.6 is 0 Å². The summed E-state index contributed by atoms with van der Waals surface area (Å²) in [7, 11) is 1.58. The first-order chi connectivity index (χ1) is 16.3. The number of halogens is 3.